The lowest BCUT2D eigenvalue weighted by molar-refractivity contribution is -0.121. The molecule has 3 aromatic rings. The van der Waals surface area contributed by atoms with Crippen molar-refractivity contribution >= 4 is 22.2 Å². The Morgan fingerprint density at radius 2 is 2.12 bits per heavy atom. The van der Waals surface area contributed by atoms with E-state index < -0.39 is 0 Å². The summed E-state index contributed by atoms with van der Waals surface area (Å²) in [6.45, 7) is 4.32. The second kappa shape index (κ2) is 7.00. The molecule has 1 amide bonds. The second-order valence-electron chi connectivity index (χ2n) is 5.55. The number of carbonyl (C=O) groups is 1. The number of ether oxygens (including phenoxy) is 1. The molecule has 0 spiro atoms. The lowest BCUT2D eigenvalue weighted by Crippen LogP contribution is -2.24. The molecule has 0 saturated heterocycles. The van der Waals surface area contributed by atoms with E-state index in [1.807, 2.05) is 42.6 Å². The molecule has 2 aromatic heterocycles. The maximum Gasteiger partial charge on any atom is 0.220 e. The van der Waals surface area contributed by atoms with Crippen LogP contribution in [0.1, 0.15) is 28.4 Å². The average molecular weight is 344 g/mol. The number of aromatic nitrogens is 3. The number of nitrogens with one attached hydrogen (secondary N) is 1. The van der Waals surface area contributed by atoms with E-state index in [4.69, 9.17) is 4.74 Å². The Morgan fingerprint density at radius 3 is 2.92 bits per heavy atom. The van der Waals surface area contributed by atoms with Crippen LogP contribution in [0.3, 0.4) is 0 Å². The van der Waals surface area contributed by atoms with E-state index in [0.29, 0.717) is 19.4 Å². The van der Waals surface area contributed by atoms with Crippen LogP contribution < -0.4 is 10.1 Å². The van der Waals surface area contributed by atoms with Crippen molar-refractivity contribution in [2.45, 2.75) is 33.2 Å². The number of nitrogens with zero attached hydrogens (tertiary/aromatic N) is 3. The standard InChI is InChI=1S/C17H20N4O2S/c1-11-14(21-17(19-11)24-12(2)20-21)10-18-16(22)9-8-13-6-4-5-7-15(13)23-3/h4-7H,8-10H2,1-3H3,(H,18,22). The molecule has 0 unspecified atom stereocenters. The van der Waals surface area contributed by atoms with Crippen LogP contribution in [-0.4, -0.2) is 27.6 Å². The Bertz CT molecular complexity index is 869. The normalized spacial score (nSPS) is 11.0. The largest absolute Gasteiger partial charge is 0.496 e. The predicted octanol–water partition coefficient (Wildman–Crippen LogP) is 2.67. The van der Waals surface area contributed by atoms with Gasteiger partial charge in [0.15, 0.2) is 0 Å². The minimum atomic E-state index is 0.00204. The highest BCUT2D eigenvalue weighted by molar-refractivity contribution is 7.16. The first-order valence-electron chi connectivity index (χ1n) is 7.78. The van der Waals surface area contributed by atoms with Gasteiger partial charge in [0.2, 0.25) is 10.9 Å². The summed E-state index contributed by atoms with van der Waals surface area (Å²) in [5.41, 5.74) is 2.87. The van der Waals surface area contributed by atoms with Crippen molar-refractivity contribution < 1.29 is 9.53 Å². The molecular weight excluding hydrogens is 324 g/mol. The molecule has 3 rings (SSSR count). The van der Waals surface area contributed by atoms with Crippen molar-refractivity contribution in [2.24, 2.45) is 0 Å². The van der Waals surface area contributed by atoms with Crippen molar-refractivity contribution in [1.29, 1.82) is 0 Å². The summed E-state index contributed by atoms with van der Waals surface area (Å²) >= 11 is 1.55. The van der Waals surface area contributed by atoms with Gasteiger partial charge in [0.1, 0.15) is 10.8 Å². The van der Waals surface area contributed by atoms with Gasteiger partial charge in [-0.25, -0.2) is 9.50 Å². The number of hydrogen-bond donors (Lipinski definition) is 1. The minimum absolute atomic E-state index is 0.00204. The number of hydrogen-bond acceptors (Lipinski definition) is 5. The first-order valence-corrected chi connectivity index (χ1v) is 8.60. The van der Waals surface area contributed by atoms with Crippen molar-refractivity contribution in [1.82, 2.24) is 19.9 Å². The van der Waals surface area contributed by atoms with Gasteiger partial charge in [0.05, 0.1) is 25.0 Å². The van der Waals surface area contributed by atoms with E-state index >= 15 is 0 Å². The molecule has 0 bridgehead atoms. The summed E-state index contributed by atoms with van der Waals surface area (Å²) in [4.78, 5) is 17.5. The van der Waals surface area contributed by atoms with Crippen molar-refractivity contribution in [3.63, 3.8) is 0 Å². The van der Waals surface area contributed by atoms with Crippen molar-refractivity contribution in [3.05, 3.63) is 46.2 Å². The van der Waals surface area contributed by atoms with Crippen LogP contribution in [0.25, 0.3) is 4.96 Å². The van der Waals surface area contributed by atoms with E-state index in [1.165, 1.54) is 0 Å². The lowest BCUT2D eigenvalue weighted by Gasteiger charge is -2.08. The van der Waals surface area contributed by atoms with Gasteiger partial charge in [-0.15, -0.1) is 0 Å². The van der Waals surface area contributed by atoms with Gasteiger partial charge in [-0.05, 0) is 31.9 Å². The molecule has 2 heterocycles. The molecule has 0 aliphatic rings. The number of benzene rings is 1. The summed E-state index contributed by atoms with van der Waals surface area (Å²) in [7, 11) is 1.64. The molecule has 0 atom stereocenters. The molecule has 0 radical (unpaired) electrons. The van der Waals surface area contributed by atoms with Gasteiger partial charge in [-0.1, -0.05) is 29.5 Å². The van der Waals surface area contributed by atoms with Gasteiger partial charge in [0.25, 0.3) is 0 Å². The number of methoxy groups -OCH3 is 1. The number of amides is 1. The third-order valence-corrected chi connectivity index (χ3v) is 4.69. The quantitative estimate of drug-likeness (QED) is 0.746. The number of carbonyl (C=O) groups excluding carboxylic acids is 1. The fourth-order valence-electron chi connectivity index (χ4n) is 2.62. The monoisotopic (exact) mass is 344 g/mol. The number of rotatable bonds is 6. The summed E-state index contributed by atoms with van der Waals surface area (Å²) in [6.07, 6.45) is 1.06. The molecule has 6 nitrogen and oxygen atoms in total. The number of para-hydroxylation sites is 1. The molecule has 0 aliphatic heterocycles. The molecular formula is C17H20N4O2S. The zero-order chi connectivity index (χ0) is 17.1. The summed E-state index contributed by atoms with van der Waals surface area (Å²) in [5.74, 6) is 0.818. The second-order valence-corrected chi connectivity index (χ2v) is 6.71. The van der Waals surface area contributed by atoms with Gasteiger partial charge in [-0.2, -0.15) is 5.10 Å². The summed E-state index contributed by atoms with van der Waals surface area (Å²) in [6, 6.07) is 7.76. The maximum atomic E-state index is 12.2. The molecule has 1 N–H and O–H groups in total. The lowest BCUT2D eigenvalue weighted by atomic mass is 10.1. The first-order chi connectivity index (χ1) is 11.6. The van der Waals surface area contributed by atoms with Crippen LogP contribution in [0.2, 0.25) is 0 Å². The molecule has 0 fully saturated rings. The molecule has 7 heteroatoms. The number of aryl methyl sites for hydroxylation is 3. The predicted molar refractivity (Wildman–Crippen MR) is 93.5 cm³/mol. The van der Waals surface area contributed by atoms with E-state index in [-0.39, 0.29) is 5.91 Å². The number of imidazole rings is 1. The van der Waals surface area contributed by atoms with Crippen LogP contribution in [-0.2, 0) is 17.8 Å². The first kappa shape index (κ1) is 16.4. The van der Waals surface area contributed by atoms with Crippen LogP contribution in [0.4, 0.5) is 0 Å². The van der Waals surface area contributed by atoms with Crippen molar-refractivity contribution in [3.8, 4) is 5.75 Å². The van der Waals surface area contributed by atoms with E-state index in [1.54, 1.807) is 18.4 Å². The molecule has 0 saturated carbocycles. The van der Waals surface area contributed by atoms with E-state index in [2.05, 4.69) is 15.4 Å². The van der Waals surface area contributed by atoms with Crippen molar-refractivity contribution in [2.75, 3.05) is 7.11 Å². The van der Waals surface area contributed by atoms with E-state index in [9.17, 15) is 4.79 Å². The topological polar surface area (TPSA) is 68.5 Å². The van der Waals surface area contributed by atoms with Gasteiger partial charge >= 0.3 is 0 Å². The van der Waals surface area contributed by atoms with Gasteiger partial charge in [0, 0.05) is 6.42 Å². The SMILES string of the molecule is COc1ccccc1CCC(=O)NCc1c(C)nc2sc(C)nn12. The zero-order valence-corrected chi connectivity index (χ0v) is 14.8. The molecule has 1 aromatic carbocycles. The Morgan fingerprint density at radius 1 is 1.33 bits per heavy atom. The number of fused-ring (bicyclic) bond motifs is 1. The van der Waals surface area contributed by atoms with Crippen LogP contribution in [0.5, 0.6) is 5.75 Å². The average Bonchev–Trinajstić information content (AvgIpc) is 3.06. The molecule has 0 aliphatic carbocycles. The van der Waals surface area contributed by atoms with Crippen LogP contribution in [0, 0.1) is 13.8 Å². The fourth-order valence-corrected chi connectivity index (χ4v) is 3.42. The fraction of sp³-hybridized carbons (Fsp3) is 0.353. The highest BCUT2D eigenvalue weighted by Crippen LogP contribution is 2.19. The highest BCUT2D eigenvalue weighted by atomic mass is 32.1. The summed E-state index contributed by atoms with van der Waals surface area (Å²) < 4.78 is 7.13. The third kappa shape index (κ3) is 3.41. The highest BCUT2D eigenvalue weighted by Gasteiger charge is 2.13. The molecule has 24 heavy (non-hydrogen) atoms. The smallest absolute Gasteiger partial charge is 0.220 e. The van der Waals surface area contributed by atoms with Crippen LogP contribution in [0.15, 0.2) is 24.3 Å². The Kier molecular flexibility index (Phi) is 4.80. The Hall–Kier alpha value is -2.41. The van der Waals surface area contributed by atoms with Gasteiger partial charge < -0.3 is 10.1 Å². The minimum Gasteiger partial charge on any atom is -0.496 e. The Balaban J connectivity index is 1.60. The maximum absolute atomic E-state index is 12.2. The van der Waals surface area contributed by atoms with E-state index in [0.717, 1.165) is 32.7 Å². The Labute approximate surface area is 144 Å². The summed E-state index contributed by atoms with van der Waals surface area (Å²) in [5, 5.41) is 8.35. The van der Waals surface area contributed by atoms with Crippen LogP contribution >= 0.6 is 11.3 Å². The molecule has 126 valence electrons. The zero-order valence-electron chi connectivity index (χ0n) is 14.0. The van der Waals surface area contributed by atoms with Gasteiger partial charge in [-0.3, -0.25) is 4.79 Å². The third-order valence-electron chi connectivity index (χ3n) is 3.86.